The van der Waals surface area contributed by atoms with E-state index in [4.69, 9.17) is 11.6 Å². The third kappa shape index (κ3) is 2.52. The van der Waals surface area contributed by atoms with Gasteiger partial charge in [0.25, 0.3) is 0 Å². The lowest BCUT2D eigenvalue weighted by Crippen LogP contribution is -2.02. The highest BCUT2D eigenvalue weighted by Crippen LogP contribution is 2.18. The molecular formula is C13H11ClOS. The van der Waals surface area contributed by atoms with Gasteiger partial charge in [0.15, 0.2) is 5.78 Å². The second kappa shape index (κ2) is 4.81. The van der Waals surface area contributed by atoms with Crippen LogP contribution < -0.4 is 0 Å². The summed E-state index contributed by atoms with van der Waals surface area (Å²) >= 11 is 7.59. The Hall–Kier alpha value is -1.12. The van der Waals surface area contributed by atoms with Crippen molar-refractivity contribution < 1.29 is 4.79 Å². The Labute approximate surface area is 104 Å². The van der Waals surface area contributed by atoms with Crippen molar-refractivity contribution in [3.05, 3.63) is 56.7 Å². The van der Waals surface area contributed by atoms with Gasteiger partial charge in [-0.05, 0) is 40.9 Å². The number of carbonyl (C=O) groups excluding carboxylic acids is 1. The molecule has 16 heavy (non-hydrogen) atoms. The Bertz CT molecular complexity index is 503. The van der Waals surface area contributed by atoms with Crippen molar-refractivity contribution in [2.24, 2.45) is 0 Å². The summed E-state index contributed by atoms with van der Waals surface area (Å²) in [6.07, 6.45) is 0.447. The van der Waals surface area contributed by atoms with Crippen LogP contribution in [0.1, 0.15) is 21.5 Å². The maximum absolute atomic E-state index is 11.9. The minimum absolute atomic E-state index is 0.111. The van der Waals surface area contributed by atoms with Crippen LogP contribution in [0, 0.1) is 6.92 Å². The molecule has 1 heterocycles. The van der Waals surface area contributed by atoms with Crippen LogP contribution in [-0.2, 0) is 6.42 Å². The largest absolute Gasteiger partial charge is 0.294 e. The van der Waals surface area contributed by atoms with Gasteiger partial charge >= 0.3 is 0 Å². The number of benzene rings is 1. The third-order valence-electron chi connectivity index (χ3n) is 2.44. The molecule has 82 valence electrons. The lowest BCUT2D eigenvalue weighted by molar-refractivity contribution is 0.0993. The number of ketones is 1. The highest BCUT2D eigenvalue weighted by Gasteiger charge is 2.08. The first-order valence-corrected chi connectivity index (χ1v) is 6.29. The Kier molecular flexibility index (Phi) is 3.42. The van der Waals surface area contributed by atoms with Crippen molar-refractivity contribution >= 4 is 28.7 Å². The first-order chi connectivity index (χ1) is 7.66. The smallest absolute Gasteiger partial charge is 0.167 e. The Morgan fingerprint density at radius 2 is 2.19 bits per heavy atom. The molecule has 1 nitrogen and oxygen atoms in total. The summed E-state index contributed by atoms with van der Waals surface area (Å²) in [7, 11) is 0. The van der Waals surface area contributed by atoms with Gasteiger partial charge in [-0.1, -0.05) is 23.7 Å². The molecular weight excluding hydrogens is 240 g/mol. The van der Waals surface area contributed by atoms with E-state index in [0.717, 1.165) is 11.1 Å². The van der Waals surface area contributed by atoms with E-state index in [9.17, 15) is 4.79 Å². The number of rotatable bonds is 3. The van der Waals surface area contributed by atoms with Crippen molar-refractivity contribution in [3.63, 3.8) is 0 Å². The van der Waals surface area contributed by atoms with Crippen LogP contribution in [0.3, 0.4) is 0 Å². The van der Waals surface area contributed by atoms with E-state index in [2.05, 4.69) is 0 Å². The van der Waals surface area contributed by atoms with E-state index in [0.29, 0.717) is 17.0 Å². The Morgan fingerprint density at radius 3 is 2.81 bits per heavy atom. The highest BCUT2D eigenvalue weighted by molar-refractivity contribution is 7.08. The number of thiophene rings is 1. The van der Waals surface area contributed by atoms with Crippen molar-refractivity contribution in [2.75, 3.05) is 0 Å². The van der Waals surface area contributed by atoms with Gasteiger partial charge in [-0.2, -0.15) is 11.3 Å². The van der Waals surface area contributed by atoms with Crippen LogP contribution in [0.5, 0.6) is 0 Å². The van der Waals surface area contributed by atoms with E-state index in [1.165, 1.54) is 0 Å². The maximum Gasteiger partial charge on any atom is 0.167 e. The van der Waals surface area contributed by atoms with Gasteiger partial charge in [0, 0.05) is 17.0 Å². The minimum Gasteiger partial charge on any atom is -0.294 e. The SMILES string of the molecule is Cc1ccc(C(=O)Cc2ccsc2)cc1Cl. The number of aryl methyl sites for hydroxylation is 1. The molecule has 0 aliphatic heterocycles. The molecule has 0 saturated carbocycles. The summed E-state index contributed by atoms with van der Waals surface area (Å²) in [5, 5.41) is 4.62. The van der Waals surface area contributed by atoms with Crippen molar-refractivity contribution in [3.8, 4) is 0 Å². The molecule has 3 heteroatoms. The van der Waals surface area contributed by atoms with E-state index >= 15 is 0 Å². The van der Waals surface area contributed by atoms with E-state index in [-0.39, 0.29) is 5.78 Å². The molecule has 0 radical (unpaired) electrons. The molecule has 2 rings (SSSR count). The van der Waals surface area contributed by atoms with E-state index in [1.807, 2.05) is 35.9 Å². The summed E-state index contributed by atoms with van der Waals surface area (Å²) in [6, 6.07) is 7.42. The van der Waals surface area contributed by atoms with Crippen molar-refractivity contribution in [1.82, 2.24) is 0 Å². The van der Waals surface area contributed by atoms with Gasteiger partial charge in [-0.25, -0.2) is 0 Å². The fourth-order valence-electron chi connectivity index (χ4n) is 1.45. The second-order valence-electron chi connectivity index (χ2n) is 3.70. The summed E-state index contributed by atoms with van der Waals surface area (Å²) in [5.74, 6) is 0.111. The molecule has 0 bridgehead atoms. The van der Waals surface area contributed by atoms with Crippen molar-refractivity contribution in [2.45, 2.75) is 13.3 Å². The Balaban J connectivity index is 2.18. The zero-order valence-electron chi connectivity index (χ0n) is 8.87. The van der Waals surface area contributed by atoms with Crippen LogP contribution in [0.15, 0.2) is 35.0 Å². The minimum atomic E-state index is 0.111. The first kappa shape index (κ1) is 11.4. The molecule has 1 aromatic heterocycles. The molecule has 0 aliphatic rings. The molecule has 0 spiro atoms. The lowest BCUT2D eigenvalue weighted by Gasteiger charge is -2.02. The van der Waals surface area contributed by atoms with Gasteiger partial charge in [0.2, 0.25) is 0 Å². The lowest BCUT2D eigenvalue weighted by atomic mass is 10.0. The molecule has 0 atom stereocenters. The van der Waals surface area contributed by atoms with Crippen LogP contribution in [0.25, 0.3) is 0 Å². The first-order valence-electron chi connectivity index (χ1n) is 4.97. The maximum atomic E-state index is 11.9. The Morgan fingerprint density at radius 1 is 1.38 bits per heavy atom. The zero-order chi connectivity index (χ0) is 11.5. The van der Waals surface area contributed by atoms with Gasteiger partial charge in [-0.3, -0.25) is 4.79 Å². The van der Waals surface area contributed by atoms with Crippen LogP contribution >= 0.6 is 22.9 Å². The number of carbonyl (C=O) groups is 1. The average Bonchev–Trinajstić information content (AvgIpc) is 2.74. The number of halogens is 1. The number of hydrogen-bond acceptors (Lipinski definition) is 2. The predicted molar refractivity (Wildman–Crippen MR) is 68.5 cm³/mol. The summed E-state index contributed by atoms with van der Waals surface area (Å²) in [5.41, 5.74) is 2.74. The zero-order valence-corrected chi connectivity index (χ0v) is 10.4. The third-order valence-corrected chi connectivity index (χ3v) is 3.58. The quantitative estimate of drug-likeness (QED) is 0.749. The van der Waals surface area contributed by atoms with Crippen LogP contribution in [0.4, 0.5) is 0 Å². The molecule has 2 aromatic rings. The van der Waals surface area contributed by atoms with E-state index in [1.54, 1.807) is 17.4 Å². The van der Waals surface area contributed by atoms with E-state index < -0.39 is 0 Å². The normalized spacial score (nSPS) is 10.4. The fraction of sp³-hybridized carbons (Fsp3) is 0.154. The predicted octanol–water partition coefficient (Wildman–Crippen LogP) is 4.14. The number of Topliss-reactive ketones (excluding diaryl/α,β-unsaturated/α-hetero) is 1. The fourth-order valence-corrected chi connectivity index (χ4v) is 2.30. The van der Waals surface area contributed by atoms with Gasteiger partial charge in [0.05, 0.1) is 0 Å². The van der Waals surface area contributed by atoms with Crippen LogP contribution in [0.2, 0.25) is 5.02 Å². The van der Waals surface area contributed by atoms with Gasteiger partial charge in [-0.15, -0.1) is 0 Å². The monoisotopic (exact) mass is 250 g/mol. The average molecular weight is 251 g/mol. The number of hydrogen-bond donors (Lipinski definition) is 0. The molecule has 0 N–H and O–H groups in total. The molecule has 0 saturated heterocycles. The summed E-state index contributed by atoms with van der Waals surface area (Å²) < 4.78 is 0. The van der Waals surface area contributed by atoms with Gasteiger partial charge in [0.1, 0.15) is 0 Å². The molecule has 0 fully saturated rings. The van der Waals surface area contributed by atoms with Gasteiger partial charge < -0.3 is 0 Å². The highest BCUT2D eigenvalue weighted by atomic mass is 35.5. The summed E-state index contributed by atoms with van der Waals surface area (Å²) in [4.78, 5) is 11.9. The van der Waals surface area contributed by atoms with Crippen LogP contribution in [-0.4, -0.2) is 5.78 Å². The molecule has 0 aliphatic carbocycles. The molecule has 1 aromatic carbocycles. The molecule has 0 amide bonds. The topological polar surface area (TPSA) is 17.1 Å². The summed E-state index contributed by atoms with van der Waals surface area (Å²) in [6.45, 7) is 1.93. The standard InChI is InChI=1S/C13H11ClOS/c1-9-2-3-11(7-12(9)14)13(15)6-10-4-5-16-8-10/h2-5,7-8H,6H2,1H3. The molecule has 0 unspecified atom stereocenters. The van der Waals surface area contributed by atoms with Crippen molar-refractivity contribution in [1.29, 1.82) is 0 Å². The second-order valence-corrected chi connectivity index (χ2v) is 4.88.